The van der Waals surface area contributed by atoms with Crippen LogP contribution in [0.2, 0.25) is 0 Å². The van der Waals surface area contributed by atoms with Crippen molar-refractivity contribution >= 4 is 10.1 Å². The summed E-state index contributed by atoms with van der Waals surface area (Å²) >= 11 is 0. The summed E-state index contributed by atoms with van der Waals surface area (Å²) in [5.41, 5.74) is -5.49. The van der Waals surface area contributed by atoms with Crippen LogP contribution in [0.4, 0.5) is 13.2 Å². The second-order valence-corrected chi connectivity index (χ2v) is 7.61. The van der Waals surface area contributed by atoms with Crippen molar-refractivity contribution < 1.29 is 35.2 Å². The first-order chi connectivity index (χ1) is 11.7. The molecular formula is C16H27F3O5S. The predicted octanol–water partition coefficient (Wildman–Crippen LogP) is 4.50. The minimum atomic E-state index is -5.73. The third-order valence-electron chi connectivity index (χ3n) is 4.01. The van der Waals surface area contributed by atoms with E-state index >= 15 is 0 Å². The molecule has 0 aromatic rings. The van der Waals surface area contributed by atoms with Crippen LogP contribution in [0.1, 0.15) is 58.3 Å². The molecule has 0 saturated carbocycles. The molecule has 9 heteroatoms. The van der Waals surface area contributed by atoms with Gasteiger partial charge >= 0.3 is 15.6 Å². The predicted molar refractivity (Wildman–Crippen MR) is 87.0 cm³/mol. The molecule has 5 nitrogen and oxygen atoms in total. The Balaban J connectivity index is 2.54. The lowest BCUT2D eigenvalue weighted by molar-refractivity contribution is -0.0856. The summed E-state index contributed by atoms with van der Waals surface area (Å²) in [7, 11) is -5.73. The second kappa shape index (κ2) is 10.4. The van der Waals surface area contributed by atoms with Crippen LogP contribution in [-0.2, 0) is 23.8 Å². The summed E-state index contributed by atoms with van der Waals surface area (Å²) in [6, 6.07) is 0. The van der Waals surface area contributed by atoms with Gasteiger partial charge in [-0.3, -0.25) is 0 Å². The third-order valence-corrected chi connectivity index (χ3v) is 5.01. The number of unbranched alkanes of at least 4 members (excludes halogenated alkanes) is 6. The van der Waals surface area contributed by atoms with Crippen molar-refractivity contribution in [2.75, 3.05) is 13.2 Å². The average molecular weight is 388 g/mol. The van der Waals surface area contributed by atoms with Crippen molar-refractivity contribution in [3.05, 3.63) is 12.3 Å². The first-order valence-electron chi connectivity index (χ1n) is 8.61. The SMILES string of the molecule is C=C(OS(=O)(=O)C(F)(F)F)C(CCCCCCCCC)C1OCCO1. The molecule has 148 valence electrons. The molecule has 1 aliphatic rings. The standard InChI is InChI=1S/C16H27F3O5S/c1-3-4-5-6-7-8-9-10-14(15-22-11-12-23-15)13(2)24-25(20,21)16(17,18)19/h14-15H,2-12H2,1H3. The number of ether oxygens (including phenoxy) is 2. The van der Waals surface area contributed by atoms with Gasteiger partial charge in [0.2, 0.25) is 0 Å². The maximum atomic E-state index is 12.5. The van der Waals surface area contributed by atoms with E-state index in [1.807, 2.05) is 0 Å². The highest BCUT2D eigenvalue weighted by molar-refractivity contribution is 7.87. The van der Waals surface area contributed by atoms with Gasteiger partial charge in [-0.05, 0) is 6.42 Å². The van der Waals surface area contributed by atoms with Gasteiger partial charge < -0.3 is 13.7 Å². The van der Waals surface area contributed by atoms with E-state index in [2.05, 4.69) is 17.7 Å². The van der Waals surface area contributed by atoms with Crippen LogP contribution in [0, 0.1) is 5.92 Å². The smallest absolute Gasteiger partial charge is 0.381 e. The van der Waals surface area contributed by atoms with Crippen molar-refractivity contribution in [1.82, 2.24) is 0 Å². The van der Waals surface area contributed by atoms with Crippen molar-refractivity contribution in [2.45, 2.75) is 70.1 Å². The second-order valence-electron chi connectivity index (χ2n) is 6.08. The Hall–Kier alpha value is -0.800. The first kappa shape index (κ1) is 22.2. The fourth-order valence-corrected chi connectivity index (χ4v) is 3.13. The van der Waals surface area contributed by atoms with Crippen LogP contribution < -0.4 is 0 Å². The summed E-state index contributed by atoms with van der Waals surface area (Å²) in [4.78, 5) is 0. The molecule has 0 amide bonds. The minimum absolute atomic E-state index is 0.303. The Bertz CT molecular complexity index is 498. The highest BCUT2D eigenvalue weighted by Gasteiger charge is 2.49. The van der Waals surface area contributed by atoms with E-state index in [0.717, 1.165) is 32.1 Å². The van der Waals surface area contributed by atoms with Crippen molar-refractivity contribution in [3.8, 4) is 0 Å². The van der Waals surface area contributed by atoms with E-state index in [0.29, 0.717) is 26.1 Å². The molecule has 0 bridgehead atoms. The van der Waals surface area contributed by atoms with Crippen molar-refractivity contribution in [3.63, 3.8) is 0 Å². The van der Waals surface area contributed by atoms with E-state index in [-0.39, 0.29) is 0 Å². The van der Waals surface area contributed by atoms with Crippen molar-refractivity contribution in [1.29, 1.82) is 0 Å². The van der Waals surface area contributed by atoms with Gasteiger partial charge in [0, 0.05) is 0 Å². The van der Waals surface area contributed by atoms with E-state index in [9.17, 15) is 21.6 Å². The Morgan fingerprint density at radius 3 is 2.16 bits per heavy atom. The molecule has 0 spiro atoms. The van der Waals surface area contributed by atoms with Gasteiger partial charge in [0.15, 0.2) is 6.29 Å². The zero-order chi connectivity index (χ0) is 18.9. The summed E-state index contributed by atoms with van der Waals surface area (Å²) in [6.07, 6.45) is 6.80. The lowest BCUT2D eigenvalue weighted by Gasteiger charge is -2.24. The summed E-state index contributed by atoms with van der Waals surface area (Å²) in [5.74, 6) is -1.24. The Morgan fingerprint density at radius 1 is 1.12 bits per heavy atom. The molecule has 0 aliphatic carbocycles. The third kappa shape index (κ3) is 7.53. The highest BCUT2D eigenvalue weighted by Crippen LogP contribution is 2.33. The number of alkyl halides is 3. The van der Waals surface area contributed by atoms with Crippen LogP contribution in [0.5, 0.6) is 0 Å². The molecule has 0 aromatic heterocycles. The van der Waals surface area contributed by atoms with Gasteiger partial charge in [-0.15, -0.1) is 0 Å². The molecule has 0 radical (unpaired) electrons. The number of hydrogen-bond donors (Lipinski definition) is 0. The van der Waals surface area contributed by atoms with Gasteiger partial charge in [0.1, 0.15) is 5.76 Å². The summed E-state index contributed by atoms with van der Waals surface area (Å²) in [6.45, 7) is 6.11. The average Bonchev–Trinajstić information content (AvgIpc) is 3.02. The molecule has 1 unspecified atom stereocenters. The van der Waals surface area contributed by atoms with Crippen LogP contribution in [-0.4, -0.2) is 33.4 Å². The number of hydrogen-bond acceptors (Lipinski definition) is 5. The molecular weight excluding hydrogens is 361 g/mol. The zero-order valence-corrected chi connectivity index (χ0v) is 15.3. The lowest BCUT2D eigenvalue weighted by atomic mass is 9.98. The van der Waals surface area contributed by atoms with Gasteiger partial charge in [-0.1, -0.05) is 58.4 Å². The maximum Gasteiger partial charge on any atom is 0.534 e. The quantitative estimate of drug-likeness (QED) is 0.213. The molecule has 25 heavy (non-hydrogen) atoms. The Labute approximate surface area is 147 Å². The molecule has 1 fully saturated rings. The fraction of sp³-hybridized carbons (Fsp3) is 0.875. The number of rotatable bonds is 12. The fourth-order valence-electron chi connectivity index (χ4n) is 2.63. The Morgan fingerprint density at radius 2 is 1.64 bits per heavy atom. The van der Waals surface area contributed by atoms with E-state index in [4.69, 9.17) is 9.47 Å². The van der Waals surface area contributed by atoms with Crippen molar-refractivity contribution in [2.24, 2.45) is 5.92 Å². The van der Waals surface area contributed by atoms with Gasteiger partial charge in [0.25, 0.3) is 0 Å². The van der Waals surface area contributed by atoms with Crippen LogP contribution in [0.15, 0.2) is 12.3 Å². The monoisotopic (exact) mass is 388 g/mol. The molecule has 1 heterocycles. The van der Waals surface area contributed by atoms with Gasteiger partial charge in [0.05, 0.1) is 19.1 Å². The van der Waals surface area contributed by atoms with Crippen LogP contribution in [0.3, 0.4) is 0 Å². The summed E-state index contributed by atoms with van der Waals surface area (Å²) in [5, 5.41) is 0. The molecule has 1 rings (SSSR count). The van der Waals surface area contributed by atoms with E-state index in [1.165, 1.54) is 6.42 Å². The van der Waals surface area contributed by atoms with Gasteiger partial charge in [-0.25, -0.2) is 0 Å². The zero-order valence-electron chi connectivity index (χ0n) is 14.5. The first-order valence-corrected chi connectivity index (χ1v) is 10.0. The topological polar surface area (TPSA) is 61.8 Å². The lowest BCUT2D eigenvalue weighted by Crippen LogP contribution is -2.30. The molecule has 1 saturated heterocycles. The largest absolute Gasteiger partial charge is 0.534 e. The minimum Gasteiger partial charge on any atom is -0.381 e. The normalized spacial score (nSPS) is 17.6. The molecule has 0 aromatic carbocycles. The van der Waals surface area contributed by atoms with Crippen LogP contribution in [0.25, 0.3) is 0 Å². The Kier molecular flexibility index (Phi) is 9.23. The van der Waals surface area contributed by atoms with E-state index in [1.54, 1.807) is 0 Å². The molecule has 0 N–H and O–H groups in total. The molecule has 1 aliphatic heterocycles. The highest BCUT2D eigenvalue weighted by atomic mass is 32.2. The van der Waals surface area contributed by atoms with E-state index < -0.39 is 33.6 Å². The summed E-state index contributed by atoms with van der Waals surface area (Å²) < 4.78 is 74.5. The molecule has 1 atom stereocenters. The number of halogens is 3. The van der Waals surface area contributed by atoms with Gasteiger partial charge in [-0.2, -0.15) is 21.6 Å². The van der Waals surface area contributed by atoms with Crippen LogP contribution >= 0.6 is 0 Å². The maximum absolute atomic E-state index is 12.5.